The van der Waals surface area contributed by atoms with Gasteiger partial charge in [0, 0.05) is 0 Å². The molecule has 1 heterocycles. The largest absolute Gasteiger partial charge is 0.384 e. The molecule has 0 radical (unpaired) electrons. The highest BCUT2D eigenvalue weighted by atomic mass is 15.3. The fraction of sp³-hybridized carbons (Fsp3) is 0.400. The summed E-state index contributed by atoms with van der Waals surface area (Å²) in [6.45, 7) is 1.73. The van der Waals surface area contributed by atoms with E-state index in [2.05, 4.69) is 10.2 Å². The van der Waals surface area contributed by atoms with E-state index in [0.29, 0.717) is 11.5 Å². The van der Waals surface area contributed by atoms with E-state index >= 15 is 0 Å². The Morgan fingerprint density at radius 2 is 2.33 bits per heavy atom. The number of rotatable bonds is 0. The summed E-state index contributed by atoms with van der Waals surface area (Å²) in [4.78, 5) is 0. The Balaban J connectivity index is 2.86. The number of hydrogen-bond donors (Lipinski definition) is 1. The van der Waals surface area contributed by atoms with Crippen LogP contribution in [0, 0.1) is 17.2 Å². The second-order valence-electron chi connectivity index (χ2n) is 1.83. The molecule has 0 saturated carbocycles. The number of hydrogen-bond acceptors (Lipinski definition) is 4. The summed E-state index contributed by atoms with van der Waals surface area (Å²) in [5, 5.41) is 15.6. The molecule has 1 atom stereocenters. The monoisotopic (exact) mass is 122 g/mol. The molecule has 0 spiro atoms. The SMILES string of the molecule is CC1=NN=C(N)[C@@H]1C#N. The van der Waals surface area contributed by atoms with E-state index in [0.717, 1.165) is 0 Å². The van der Waals surface area contributed by atoms with E-state index < -0.39 is 0 Å². The van der Waals surface area contributed by atoms with Crippen molar-refractivity contribution in [3.8, 4) is 6.07 Å². The van der Waals surface area contributed by atoms with Crippen molar-refractivity contribution in [1.82, 2.24) is 0 Å². The van der Waals surface area contributed by atoms with Crippen molar-refractivity contribution in [3.63, 3.8) is 0 Å². The first-order chi connectivity index (χ1) is 4.25. The normalized spacial score (nSPS) is 24.7. The first kappa shape index (κ1) is 5.76. The minimum Gasteiger partial charge on any atom is -0.384 e. The Morgan fingerprint density at radius 1 is 1.67 bits per heavy atom. The molecule has 0 amide bonds. The molecular weight excluding hydrogens is 116 g/mol. The molecule has 0 fully saturated rings. The molecule has 0 aliphatic carbocycles. The van der Waals surface area contributed by atoms with Gasteiger partial charge < -0.3 is 5.73 Å². The smallest absolute Gasteiger partial charge is 0.145 e. The van der Waals surface area contributed by atoms with Crippen molar-refractivity contribution in [1.29, 1.82) is 5.26 Å². The van der Waals surface area contributed by atoms with Crippen LogP contribution in [0.25, 0.3) is 0 Å². The summed E-state index contributed by atoms with van der Waals surface area (Å²) in [6.07, 6.45) is 0. The quantitative estimate of drug-likeness (QED) is 0.486. The second kappa shape index (κ2) is 1.86. The number of nitriles is 1. The molecule has 1 aliphatic rings. The lowest BCUT2D eigenvalue weighted by Gasteiger charge is -1.95. The molecule has 0 aromatic carbocycles. The molecule has 1 aliphatic heterocycles. The summed E-state index contributed by atoms with van der Waals surface area (Å²) in [7, 11) is 0. The van der Waals surface area contributed by atoms with Gasteiger partial charge in [-0.1, -0.05) is 0 Å². The topological polar surface area (TPSA) is 74.5 Å². The maximum atomic E-state index is 8.42. The Hall–Kier alpha value is -1.37. The van der Waals surface area contributed by atoms with Gasteiger partial charge in [0.2, 0.25) is 0 Å². The van der Waals surface area contributed by atoms with Crippen LogP contribution in [0.4, 0.5) is 0 Å². The first-order valence-electron chi connectivity index (χ1n) is 2.53. The standard InChI is InChI=1S/C5H6N4/c1-3-4(2-6)5(7)9-8-3/h4H,1H3,(H2,7,9)/t4-/m1/s1. The van der Waals surface area contributed by atoms with Crippen LogP contribution in [0.3, 0.4) is 0 Å². The first-order valence-corrected chi connectivity index (χ1v) is 2.53. The number of amidine groups is 1. The highest BCUT2D eigenvalue weighted by Gasteiger charge is 2.20. The maximum absolute atomic E-state index is 8.42. The minimum absolute atomic E-state index is 0.301. The highest BCUT2D eigenvalue weighted by molar-refractivity contribution is 6.09. The van der Waals surface area contributed by atoms with Gasteiger partial charge in [0.05, 0.1) is 11.8 Å². The fourth-order valence-corrected chi connectivity index (χ4v) is 0.626. The summed E-state index contributed by atoms with van der Waals surface area (Å²) in [5.74, 6) is -0.0833. The van der Waals surface area contributed by atoms with Crippen LogP contribution in [-0.4, -0.2) is 11.5 Å². The zero-order chi connectivity index (χ0) is 6.85. The van der Waals surface area contributed by atoms with Crippen LogP contribution < -0.4 is 5.73 Å². The summed E-state index contributed by atoms with van der Waals surface area (Å²) in [6, 6.07) is 1.98. The van der Waals surface area contributed by atoms with Crippen LogP contribution in [0.5, 0.6) is 0 Å². The number of nitrogens with two attached hydrogens (primary N) is 1. The lowest BCUT2D eigenvalue weighted by Crippen LogP contribution is -2.23. The van der Waals surface area contributed by atoms with Crippen LogP contribution in [0.1, 0.15) is 6.92 Å². The highest BCUT2D eigenvalue weighted by Crippen LogP contribution is 2.05. The van der Waals surface area contributed by atoms with Crippen molar-refractivity contribution in [2.45, 2.75) is 6.92 Å². The van der Waals surface area contributed by atoms with Crippen LogP contribution >= 0.6 is 0 Å². The van der Waals surface area contributed by atoms with Crippen molar-refractivity contribution < 1.29 is 0 Å². The predicted octanol–water partition coefficient (Wildman–Crippen LogP) is -0.127. The molecular formula is C5H6N4. The Labute approximate surface area is 52.7 Å². The van der Waals surface area contributed by atoms with E-state index in [9.17, 15) is 0 Å². The fourth-order valence-electron chi connectivity index (χ4n) is 0.626. The third-order valence-corrected chi connectivity index (χ3v) is 1.17. The third kappa shape index (κ3) is 0.765. The average Bonchev–Trinajstić information content (AvgIpc) is 2.12. The van der Waals surface area contributed by atoms with Gasteiger partial charge >= 0.3 is 0 Å². The average molecular weight is 122 g/mol. The van der Waals surface area contributed by atoms with E-state index in [4.69, 9.17) is 11.0 Å². The van der Waals surface area contributed by atoms with Gasteiger partial charge in [0.1, 0.15) is 11.8 Å². The van der Waals surface area contributed by atoms with Crippen LogP contribution in [0.2, 0.25) is 0 Å². The van der Waals surface area contributed by atoms with Gasteiger partial charge in [-0.2, -0.15) is 10.4 Å². The summed E-state index contributed by atoms with van der Waals surface area (Å²) < 4.78 is 0. The molecule has 1 rings (SSSR count). The molecule has 0 unspecified atom stereocenters. The molecule has 0 bridgehead atoms. The molecule has 9 heavy (non-hydrogen) atoms. The van der Waals surface area contributed by atoms with E-state index in [1.807, 2.05) is 6.07 Å². The van der Waals surface area contributed by atoms with Crippen LogP contribution in [-0.2, 0) is 0 Å². The van der Waals surface area contributed by atoms with E-state index in [-0.39, 0.29) is 5.92 Å². The third-order valence-electron chi connectivity index (χ3n) is 1.17. The molecule has 4 nitrogen and oxygen atoms in total. The minimum atomic E-state index is -0.384. The van der Waals surface area contributed by atoms with Gasteiger partial charge in [-0.05, 0) is 6.92 Å². The Kier molecular flexibility index (Phi) is 1.19. The molecule has 46 valence electrons. The van der Waals surface area contributed by atoms with Gasteiger partial charge in [-0.15, -0.1) is 5.10 Å². The summed E-state index contributed by atoms with van der Waals surface area (Å²) >= 11 is 0. The predicted molar refractivity (Wildman–Crippen MR) is 33.8 cm³/mol. The summed E-state index contributed by atoms with van der Waals surface area (Å²) in [5.41, 5.74) is 5.97. The molecule has 4 heteroatoms. The van der Waals surface area contributed by atoms with Gasteiger partial charge in [-0.25, -0.2) is 0 Å². The zero-order valence-electron chi connectivity index (χ0n) is 5.00. The van der Waals surface area contributed by atoms with E-state index in [1.165, 1.54) is 0 Å². The lowest BCUT2D eigenvalue weighted by atomic mass is 10.1. The lowest BCUT2D eigenvalue weighted by molar-refractivity contribution is 1.21. The maximum Gasteiger partial charge on any atom is 0.145 e. The zero-order valence-corrected chi connectivity index (χ0v) is 5.00. The van der Waals surface area contributed by atoms with Crippen molar-refractivity contribution in [2.24, 2.45) is 21.9 Å². The van der Waals surface area contributed by atoms with Crippen molar-refractivity contribution >= 4 is 11.5 Å². The number of nitrogens with zero attached hydrogens (tertiary/aromatic N) is 3. The molecule has 0 aromatic heterocycles. The van der Waals surface area contributed by atoms with E-state index in [1.54, 1.807) is 6.92 Å². The molecule has 0 saturated heterocycles. The molecule has 2 N–H and O–H groups in total. The van der Waals surface area contributed by atoms with Gasteiger partial charge in [-0.3, -0.25) is 0 Å². The van der Waals surface area contributed by atoms with Crippen molar-refractivity contribution in [3.05, 3.63) is 0 Å². The van der Waals surface area contributed by atoms with Gasteiger partial charge in [0.15, 0.2) is 0 Å². The van der Waals surface area contributed by atoms with Crippen LogP contribution in [0.15, 0.2) is 10.2 Å². The molecule has 0 aromatic rings. The Morgan fingerprint density at radius 3 is 2.56 bits per heavy atom. The van der Waals surface area contributed by atoms with Gasteiger partial charge in [0.25, 0.3) is 0 Å². The second-order valence-corrected chi connectivity index (χ2v) is 1.83. The van der Waals surface area contributed by atoms with Crippen molar-refractivity contribution in [2.75, 3.05) is 0 Å². The Bertz CT molecular complexity index is 202.